The van der Waals surface area contributed by atoms with Gasteiger partial charge in [0, 0.05) is 38.0 Å². The molecule has 2 saturated heterocycles. The number of likely N-dealkylation sites (tertiary alicyclic amines) is 1. The molecule has 154 valence electrons. The fourth-order valence-corrected chi connectivity index (χ4v) is 4.33. The summed E-state index contributed by atoms with van der Waals surface area (Å²) in [6, 6.07) is 9.55. The molecule has 2 aliphatic rings. The highest BCUT2D eigenvalue weighted by molar-refractivity contribution is 6.07. The van der Waals surface area contributed by atoms with Crippen molar-refractivity contribution in [1.29, 1.82) is 0 Å². The molecule has 2 N–H and O–H groups in total. The van der Waals surface area contributed by atoms with Crippen molar-refractivity contribution in [2.75, 3.05) is 37.7 Å². The van der Waals surface area contributed by atoms with E-state index in [9.17, 15) is 14.7 Å². The van der Waals surface area contributed by atoms with Crippen LogP contribution in [0.25, 0.3) is 10.9 Å². The zero-order valence-electron chi connectivity index (χ0n) is 16.6. The van der Waals surface area contributed by atoms with Gasteiger partial charge in [-0.2, -0.15) is 0 Å². The molecule has 1 atom stereocenters. The summed E-state index contributed by atoms with van der Waals surface area (Å²) in [5, 5.41) is 13.5. The molecule has 7 heteroatoms. The number of aliphatic hydroxyl groups is 1. The predicted molar refractivity (Wildman–Crippen MR) is 112 cm³/mol. The van der Waals surface area contributed by atoms with Crippen LogP contribution in [-0.4, -0.2) is 65.6 Å². The molecular formula is C22H28N4O3. The van der Waals surface area contributed by atoms with Gasteiger partial charge in [-0.3, -0.25) is 9.59 Å². The lowest BCUT2D eigenvalue weighted by Crippen LogP contribution is -2.33. The molecule has 0 spiro atoms. The fourth-order valence-electron chi connectivity index (χ4n) is 4.33. The number of para-hydroxylation sites is 1. The Labute approximate surface area is 170 Å². The van der Waals surface area contributed by atoms with E-state index < -0.39 is 0 Å². The molecule has 7 nitrogen and oxygen atoms in total. The lowest BCUT2D eigenvalue weighted by molar-refractivity contribution is -0.127. The second-order valence-corrected chi connectivity index (χ2v) is 7.81. The van der Waals surface area contributed by atoms with E-state index in [0.29, 0.717) is 25.1 Å². The lowest BCUT2D eigenvalue weighted by Gasteiger charge is -2.25. The number of hydrogen-bond acceptors (Lipinski definition) is 5. The van der Waals surface area contributed by atoms with E-state index in [1.54, 1.807) is 0 Å². The average molecular weight is 396 g/mol. The highest BCUT2D eigenvalue weighted by atomic mass is 16.3. The Balaban J connectivity index is 1.49. The second-order valence-electron chi connectivity index (χ2n) is 7.81. The molecule has 2 aromatic rings. The molecule has 2 fully saturated rings. The van der Waals surface area contributed by atoms with Crippen LogP contribution in [0.5, 0.6) is 0 Å². The van der Waals surface area contributed by atoms with E-state index in [1.807, 2.05) is 35.2 Å². The smallest absolute Gasteiger partial charge is 0.252 e. The van der Waals surface area contributed by atoms with E-state index in [2.05, 4.69) is 10.2 Å². The number of aromatic nitrogens is 1. The van der Waals surface area contributed by atoms with Gasteiger partial charge in [0.05, 0.1) is 23.7 Å². The molecule has 1 unspecified atom stereocenters. The van der Waals surface area contributed by atoms with Crippen molar-refractivity contribution in [3.05, 3.63) is 35.9 Å². The number of rotatable bonds is 7. The quantitative estimate of drug-likeness (QED) is 0.699. The molecule has 3 heterocycles. The summed E-state index contributed by atoms with van der Waals surface area (Å²) in [5.41, 5.74) is 1.38. The normalized spacial score (nSPS) is 19.3. The third kappa shape index (κ3) is 4.19. The number of aliphatic hydroxyl groups excluding tert-OH is 1. The summed E-state index contributed by atoms with van der Waals surface area (Å²) in [5.74, 6) is 0.829. The predicted octanol–water partition coefficient (Wildman–Crippen LogP) is 1.94. The first kappa shape index (κ1) is 19.6. The minimum absolute atomic E-state index is 0.0533. The van der Waals surface area contributed by atoms with Gasteiger partial charge in [-0.15, -0.1) is 0 Å². The second kappa shape index (κ2) is 8.78. The molecule has 0 radical (unpaired) electrons. The third-order valence-corrected chi connectivity index (χ3v) is 5.89. The fraction of sp³-hybridized carbons (Fsp3) is 0.500. The van der Waals surface area contributed by atoms with Crippen LogP contribution < -0.4 is 10.2 Å². The number of carbonyl (C=O) groups is 2. The van der Waals surface area contributed by atoms with Gasteiger partial charge >= 0.3 is 0 Å². The van der Waals surface area contributed by atoms with Crippen LogP contribution in [0, 0.1) is 0 Å². The SMILES string of the molecule is O=C(NCCCN1CCCC1=O)c1cc(N2CCCC2CO)nc2ccccc12. The summed E-state index contributed by atoms with van der Waals surface area (Å²) in [7, 11) is 0. The first-order chi connectivity index (χ1) is 14.2. The van der Waals surface area contributed by atoms with Gasteiger partial charge in [-0.1, -0.05) is 18.2 Å². The molecule has 0 aliphatic carbocycles. The number of pyridine rings is 1. The van der Waals surface area contributed by atoms with Crippen LogP contribution in [0.4, 0.5) is 5.82 Å². The van der Waals surface area contributed by atoms with E-state index in [1.165, 1.54) is 0 Å². The average Bonchev–Trinajstić information content (AvgIpc) is 3.39. The van der Waals surface area contributed by atoms with Gasteiger partial charge in [-0.05, 0) is 37.8 Å². The highest BCUT2D eigenvalue weighted by Gasteiger charge is 2.26. The highest BCUT2D eigenvalue weighted by Crippen LogP contribution is 2.28. The number of hydrogen-bond donors (Lipinski definition) is 2. The summed E-state index contributed by atoms with van der Waals surface area (Å²) < 4.78 is 0. The third-order valence-electron chi connectivity index (χ3n) is 5.89. The van der Waals surface area contributed by atoms with Crippen molar-refractivity contribution in [2.45, 2.75) is 38.1 Å². The number of fused-ring (bicyclic) bond motifs is 1. The van der Waals surface area contributed by atoms with Gasteiger partial charge in [0.25, 0.3) is 5.91 Å². The summed E-state index contributed by atoms with van der Waals surface area (Å²) in [4.78, 5) is 33.4. The van der Waals surface area contributed by atoms with Crippen molar-refractivity contribution in [3.8, 4) is 0 Å². The van der Waals surface area contributed by atoms with E-state index >= 15 is 0 Å². The Morgan fingerprint density at radius 3 is 2.90 bits per heavy atom. The Hall–Kier alpha value is -2.67. The maximum absolute atomic E-state index is 12.9. The zero-order chi connectivity index (χ0) is 20.2. The first-order valence-corrected chi connectivity index (χ1v) is 10.5. The largest absolute Gasteiger partial charge is 0.394 e. The van der Waals surface area contributed by atoms with Gasteiger partial charge < -0.3 is 20.2 Å². The van der Waals surface area contributed by atoms with Crippen LogP contribution in [0.3, 0.4) is 0 Å². The minimum Gasteiger partial charge on any atom is -0.394 e. The Morgan fingerprint density at radius 2 is 2.10 bits per heavy atom. The summed E-state index contributed by atoms with van der Waals surface area (Å²) in [6.07, 6.45) is 4.26. The van der Waals surface area contributed by atoms with E-state index in [4.69, 9.17) is 4.98 Å². The number of nitrogens with one attached hydrogen (secondary N) is 1. The van der Waals surface area contributed by atoms with Crippen LogP contribution in [0.15, 0.2) is 30.3 Å². The monoisotopic (exact) mass is 396 g/mol. The topological polar surface area (TPSA) is 85.8 Å². The van der Waals surface area contributed by atoms with E-state index in [-0.39, 0.29) is 24.5 Å². The van der Waals surface area contributed by atoms with E-state index in [0.717, 1.165) is 55.5 Å². The number of amides is 2. The maximum Gasteiger partial charge on any atom is 0.252 e. The van der Waals surface area contributed by atoms with Gasteiger partial charge in [0.1, 0.15) is 5.82 Å². The molecule has 0 saturated carbocycles. The number of nitrogens with zero attached hydrogens (tertiary/aromatic N) is 3. The van der Waals surface area contributed by atoms with Gasteiger partial charge in [-0.25, -0.2) is 4.98 Å². The summed E-state index contributed by atoms with van der Waals surface area (Å²) >= 11 is 0. The van der Waals surface area contributed by atoms with Crippen LogP contribution in [0.1, 0.15) is 42.5 Å². The molecule has 29 heavy (non-hydrogen) atoms. The number of benzene rings is 1. The molecule has 1 aromatic carbocycles. The van der Waals surface area contributed by atoms with Crippen molar-refractivity contribution in [3.63, 3.8) is 0 Å². The molecular weight excluding hydrogens is 368 g/mol. The van der Waals surface area contributed by atoms with Gasteiger partial charge in [0.15, 0.2) is 0 Å². The molecule has 2 aliphatic heterocycles. The van der Waals surface area contributed by atoms with Crippen molar-refractivity contribution in [2.24, 2.45) is 0 Å². The Kier molecular flexibility index (Phi) is 5.94. The zero-order valence-corrected chi connectivity index (χ0v) is 16.6. The maximum atomic E-state index is 12.9. The van der Waals surface area contributed by atoms with Crippen molar-refractivity contribution >= 4 is 28.5 Å². The molecule has 4 rings (SSSR count). The molecule has 2 amide bonds. The van der Waals surface area contributed by atoms with Crippen molar-refractivity contribution < 1.29 is 14.7 Å². The minimum atomic E-state index is -0.127. The Bertz CT molecular complexity index is 901. The lowest BCUT2D eigenvalue weighted by atomic mass is 10.1. The standard InChI is InChI=1S/C22H28N4O3/c27-15-16-6-3-13-26(16)20-14-18(17-7-1-2-8-19(17)24-20)22(29)23-10-5-12-25-11-4-9-21(25)28/h1-2,7-8,14,16,27H,3-6,9-13,15H2,(H,23,29). The van der Waals surface area contributed by atoms with Crippen LogP contribution >= 0.6 is 0 Å². The Morgan fingerprint density at radius 1 is 1.24 bits per heavy atom. The van der Waals surface area contributed by atoms with Crippen LogP contribution in [0.2, 0.25) is 0 Å². The molecule has 0 bridgehead atoms. The number of anilines is 1. The molecule has 1 aromatic heterocycles. The summed E-state index contributed by atoms with van der Waals surface area (Å²) in [6.45, 7) is 2.96. The van der Waals surface area contributed by atoms with Crippen LogP contribution in [-0.2, 0) is 4.79 Å². The van der Waals surface area contributed by atoms with Crippen molar-refractivity contribution in [1.82, 2.24) is 15.2 Å². The first-order valence-electron chi connectivity index (χ1n) is 10.5. The number of carbonyl (C=O) groups excluding carboxylic acids is 2. The van der Waals surface area contributed by atoms with Gasteiger partial charge in [0.2, 0.25) is 5.91 Å².